The first kappa shape index (κ1) is 16.1. The van der Waals surface area contributed by atoms with Crippen molar-refractivity contribution in [1.82, 2.24) is 4.98 Å². The lowest BCUT2D eigenvalue weighted by molar-refractivity contribution is 0.601. The monoisotopic (exact) mass is 366 g/mol. The van der Waals surface area contributed by atoms with Crippen LogP contribution in [0.15, 0.2) is 53.6 Å². The van der Waals surface area contributed by atoms with E-state index < -0.39 is 10.0 Å². The molecule has 0 spiro atoms. The topological polar surface area (TPSA) is 59.1 Å². The van der Waals surface area contributed by atoms with Gasteiger partial charge in [-0.2, -0.15) is 0 Å². The fraction of sp³-hybridized carbons (Fsp3) is 0.0625. The Hall–Kier alpha value is -1.82. The maximum Gasteiger partial charge on any atom is 0.263 e. The summed E-state index contributed by atoms with van der Waals surface area (Å²) in [4.78, 5) is 4.28. The Morgan fingerprint density at radius 2 is 1.87 bits per heavy atom. The Bertz CT molecular complexity index is 1000. The molecule has 3 rings (SSSR count). The molecular weight excluding hydrogens is 355 g/mol. The highest BCUT2D eigenvalue weighted by atomic mass is 35.5. The molecule has 1 N–H and O–H groups in total. The molecule has 4 nitrogen and oxygen atoms in total. The van der Waals surface area contributed by atoms with Crippen molar-refractivity contribution in [3.05, 3.63) is 64.3 Å². The number of halogens is 2. The highest BCUT2D eigenvalue weighted by Gasteiger charge is 2.19. The fourth-order valence-corrected chi connectivity index (χ4v) is 4.09. The highest BCUT2D eigenvalue weighted by Crippen LogP contribution is 2.29. The number of nitrogens with zero attached hydrogens (tertiary/aromatic N) is 1. The van der Waals surface area contributed by atoms with Crippen molar-refractivity contribution in [2.24, 2.45) is 0 Å². The predicted octanol–water partition coefficient (Wildman–Crippen LogP) is 4.65. The Balaban J connectivity index is 2.07. The molecule has 7 heteroatoms. The lowest BCUT2D eigenvalue weighted by Crippen LogP contribution is -2.14. The van der Waals surface area contributed by atoms with Crippen LogP contribution < -0.4 is 4.72 Å². The van der Waals surface area contributed by atoms with Gasteiger partial charge in [-0.05, 0) is 42.8 Å². The molecule has 0 aliphatic carbocycles. The van der Waals surface area contributed by atoms with Crippen molar-refractivity contribution >= 4 is 49.8 Å². The van der Waals surface area contributed by atoms with Gasteiger partial charge in [-0.3, -0.25) is 9.71 Å². The molecule has 0 amide bonds. The Morgan fingerprint density at radius 3 is 2.61 bits per heavy atom. The van der Waals surface area contributed by atoms with E-state index in [9.17, 15) is 8.42 Å². The van der Waals surface area contributed by atoms with E-state index in [1.54, 1.807) is 18.3 Å². The number of fused-ring (bicyclic) bond motifs is 1. The summed E-state index contributed by atoms with van der Waals surface area (Å²) in [7, 11) is -3.84. The molecule has 0 aliphatic heterocycles. The number of hydrogen-bond acceptors (Lipinski definition) is 3. The van der Waals surface area contributed by atoms with Gasteiger partial charge in [-0.1, -0.05) is 35.3 Å². The second-order valence-corrected chi connectivity index (χ2v) is 7.56. The summed E-state index contributed by atoms with van der Waals surface area (Å²) >= 11 is 11.8. The van der Waals surface area contributed by atoms with E-state index in [2.05, 4.69) is 9.71 Å². The quantitative estimate of drug-likeness (QED) is 0.733. The van der Waals surface area contributed by atoms with E-state index in [0.29, 0.717) is 16.2 Å². The summed E-state index contributed by atoms with van der Waals surface area (Å²) in [5.74, 6) is 0. The van der Waals surface area contributed by atoms with Crippen molar-refractivity contribution in [3.8, 4) is 0 Å². The van der Waals surface area contributed by atoms with E-state index >= 15 is 0 Å². The highest BCUT2D eigenvalue weighted by molar-refractivity contribution is 7.92. The van der Waals surface area contributed by atoms with Gasteiger partial charge in [-0.15, -0.1) is 0 Å². The lowest BCUT2D eigenvalue weighted by atomic mass is 10.1. The first-order valence-electron chi connectivity index (χ1n) is 6.70. The number of hydrogen-bond donors (Lipinski definition) is 1. The molecule has 1 aromatic heterocycles. The van der Waals surface area contributed by atoms with Crippen LogP contribution in [0.25, 0.3) is 10.9 Å². The van der Waals surface area contributed by atoms with Gasteiger partial charge in [0.2, 0.25) is 0 Å². The Kier molecular flexibility index (Phi) is 4.19. The fourth-order valence-electron chi connectivity index (χ4n) is 2.25. The molecule has 2 aromatic carbocycles. The molecule has 1 heterocycles. The Labute approximate surface area is 144 Å². The maximum atomic E-state index is 12.6. The zero-order valence-corrected chi connectivity index (χ0v) is 14.4. The van der Waals surface area contributed by atoms with Gasteiger partial charge in [0.1, 0.15) is 4.90 Å². The number of nitrogens with one attached hydrogen (secondary N) is 1. The summed E-state index contributed by atoms with van der Waals surface area (Å²) < 4.78 is 27.7. The summed E-state index contributed by atoms with van der Waals surface area (Å²) in [6, 6.07) is 11.5. The van der Waals surface area contributed by atoms with Gasteiger partial charge in [0.15, 0.2) is 0 Å². The zero-order chi connectivity index (χ0) is 16.6. The van der Waals surface area contributed by atoms with Crippen LogP contribution >= 0.6 is 23.2 Å². The molecule has 0 radical (unpaired) electrons. The van der Waals surface area contributed by atoms with Crippen molar-refractivity contribution < 1.29 is 8.42 Å². The first-order valence-corrected chi connectivity index (χ1v) is 8.94. The van der Waals surface area contributed by atoms with Gasteiger partial charge in [0.05, 0.1) is 16.2 Å². The van der Waals surface area contributed by atoms with Gasteiger partial charge < -0.3 is 0 Å². The molecule has 0 aliphatic rings. The van der Waals surface area contributed by atoms with Crippen LogP contribution in [0.1, 0.15) is 5.56 Å². The number of aryl methyl sites for hydroxylation is 1. The average Bonchev–Trinajstić information content (AvgIpc) is 2.46. The zero-order valence-electron chi connectivity index (χ0n) is 12.0. The molecule has 0 unspecified atom stereocenters. The number of benzene rings is 2. The van der Waals surface area contributed by atoms with Crippen LogP contribution in [0, 0.1) is 6.92 Å². The van der Waals surface area contributed by atoms with Crippen molar-refractivity contribution in [1.29, 1.82) is 0 Å². The molecular formula is C16H12Cl2N2O2S. The van der Waals surface area contributed by atoms with Crippen LogP contribution in [0.4, 0.5) is 5.69 Å². The smallest absolute Gasteiger partial charge is 0.263 e. The number of anilines is 1. The maximum absolute atomic E-state index is 12.6. The Morgan fingerprint density at radius 1 is 1.09 bits per heavy atom. The largest absolute Gasteiger partial charge is 0.277 e. The molecule has 0 saturated carbocycles. The predicted molar refractivity (Wildman–Crippen MR) is 93.8 cm³/mol. The standard InChI is InChI=1S/C16H12Cl2N2O2S/c1-10-7-11-3-2-4-14(16(11)19-9-10)20-23(21,22)15-6-5-12(17)8-13(15)18/h2-9,20H,1H3. The summed E-state index contributed by atoms with van der Waals surface area (Å²) in [6.45, 7) is 1.93. The van der Waals surface area contributed by atoms with Gasteiger partial charge >= 0.3 is 0 Å². The molecule has 0 atom stereocenters. The lowest BCUT2D eigenvalue weighted by Gasteiger charge is -2.11. The van der Waals surface area contributed by atoms with Gasteiger partial charge in [-0.25, -0.2) is 8.42 Å². The van der Waals surface area contributed by atoms with E-state index in [4.69, 9.17) is 23.2 Å². The second kappa shape index (κ2) is 6.00. The van der Waals surface area contributed by atoms with E-state index in [1.165, 1.54) is 18.2 Å². The van der Waals surface area contributed by atoms with Crippen LogP contribution in [-0.4, -0.2) is 13.4 Å². The van der Waals surface area contributed by atoms with Crippen LogP contribution in [0.3, 0.4) is 0 Å². The number of sulfonamides is 1. The first-order chi connectivity index (χ1) is 10.9. The number of para-hydroxylation sites is 1. The van der Waals surface area contributed by atoms with Crippen molar-refractivity contribution in [3.63, 3.8) is 0 Å². The SMILES string of the molecule is Cc1cnc2c(NS(=O)(=O)c3ccc(Cl)cc3Cl)cccc2c1. The van der Waals surface area contributed by atoms with Crippen molar-refractivity contribution in [2.75, 3.05) is 4.72 Å². The van der Waals surface area contributed by atoms with Gasteiger partial charge in [0, 0.05) is 16.6 Å². The van der Waals surface area contributed by atoms with Crippen molar-refractivity contribution in [2.45, 2.75) is 11.8 Å². The summed E-state index contributed by atoms with van der Waals surface area (Å²) in [5.41, 5.74) is 1.97. The third kappa shape index (κ3) is 3.27. The van der Waals surface area contributed by atoms with Crippen LogP contribution in [0.5, 0.6) is 0 Å². The molecule has 3 aromatic rings. The second-order valence-electron chi connectivity index (χ2n) is 5.07. The average molecular weight is 367 g/mol. The molecule has 0 saturated heterocycles. The molecule has 23 heavy (non-hydrogen) atoms. The minimum absolute atomic E-state index is 0.0346. The number of aromatic nitrogens is 1. The van der Waals surface area contributed by atoms with Gasteiger partial charge in [0.25, 0.3) is 10.0 Å². The molecule has 0 bridgehead atoms. The third-order valence-electron chi connectivity index (χ3n) is 3.28. The van der Waals surface area contributed by atoms with Crippen LogP contribution in [0.2, 0.25) is 10.0 Å². The summed E-state index contributed by atoms with van der Waals surface area (Å²) in [6.07, 6.45) is 1.69. The van der Waals surface area contributed by atoms with E-state index in [0.717, 1.165) is 10.9 Å². The normalized spacial score (nSPS) is 11.6. The minimum atomic E-state index is -3.84. The van der Waals surface area contributed by atoms with Crippen LogP contribution in [-0.2, 0) is 10.0 Å². The van der Waals surface area contributed by atoms with E-state index in [-0.39, 0.29) is 9.92 Å². The number of rotatable bonds is 3. The summed E-state index contributed by atoms with van der Waals surface area (Å²) in [5, 5.41) is 1.29. The minimum Gasteiger partial charge on any atom is -0.277 e. The number of pyridine rings is 1. The molecule has 118 valence electrons. The van der Waals surface area contributed by atoms with E-state index in [1.807, 2.05) is 19.1 Å². The molecule has 0 fully saturated rings. The third-order valence-corrected chi connectivity index (χ3v) is 5.36.